The van der Waals surface area contributed by atoms with Crippen LogP contribution in [0, 0.1) is 11.8 Å². The Bertz CT molecular complexity index is 247. The molecule has 0 saturated heterocycles. The molecule has 0 fully saturated rings. The van der Waals surface area contributed by atoms with Gasteiger partial charge in [-0.3, -0.25) is 0 Å². The van der Waals surface area contributed by atoms with Gasteiger partial charge in [-0.25, -0.2) is 0 Å². The number of anilines is 1. The first-order chi connectivity index (χ1) is 7.08. The molecule has 0 aliphatic rings. The zero-order valence-corrected chi connectivity index (χ0v) is 10.8. The topological polar surface area (TPSA) is 37.8 Å². The number of nitrogens with zero attached hydrogens (tertiary/aromatic N) is 2. The minimum absolute atomic E-state index is 0.548. The van der Waals surface area contributed by atoms with Crippen LogP contribution in [-0.4, -0.2) is 15.6 Å². The highest BCUT2D eigenvalue weighted by atomic mass is 32.1. The average molecular weight is 227 g/mol. The van der Waals surface area contributed by atoms with Crippen LogP contribution in [0.5, 0.6) is 0 Å². The molecule has 0 spiro atoms. The molecular weight excluding hydrogens is 206 g/mol. The molecular formula is C11H21N3S. The number of aromatic nitrogens is 2. The van der Waals surface area contributed by atoms with Crippen LogP contribution in [0.25, 0.3) is 0 Å². The second-order valence-electron chi connectivity index (χ2n) is 4.88. The second kappa shape index (κ2) is 6.05. The quantitative estimate of drug-likeness (QED) is 0.809. The summed E-state index contributed by atoms with van der Waals surface area (Å²) in [6, 6.07) is 0.548. The maximum atomic E-state index is 3.86. The van der Waals surface area contributed by atoms with Gasteiger partial charge in [-0.2, -0.15) is 0 Å². The van der Waals surface area contributed by atoms with Crippen molar-refractivity contribution in [1.82, 2.24) is 9.59 Å². The fraction of sp³-hybridized carbons (Fsp3) is 0.818. The smallest absolute Gasteiger partial charge is 0.130 e. The van der Waals surface area contributed by atoms with Gasteiger partial charge in [0.05, 0.1) is 6.20 Å². The van der Waals surface area contributed by atoms with Crippen molar-refractivity contribution in [1.29, 1.82) is 0 Å². The molecule has 1 aromatic heterocycles. The van der Waals surface area contributed by atoms with Gasteiger partial charge in [0.1, 0.15) is 5.00 Å². The lowest BCUT2D eigenvalue weighted by Gasteiger charge is -2.22. The van der Waals surface area contributed by atoms with Crippen molar-refractivity contribution in [3.63, 3.8) is 0 Å². The van der Waals surface area contributed by atoms with Crippen LogP contribution in [-0.2, 0) is 0 Å². The SMILES string of the molecule is CC(C)CC(CC(C)C)Nc1cnns1. The van der Waals surface area contributed by atoms with E-state index in [-0.39, 0.29) is 0 Å². The largest absolute Gasteiger partial charge is 0.372 e. The lowest BCUT2D eigenvalue weighted by Crippen LogP contribution is -2.23. The monoisotopic (exact) mass is 227 g/mol. The summed E-state index contributed by atoms with van der Waals surface area (Å²) in [5.41, 5.74) is 0. The number of hydrogen-bond acceptors (Lipinski definition) is 4. The zero-order valence-electron chi connectivity index (χ0n) is 10.0. The first-order valence-corrected chi connectivity index (χ1v) is 6.39. The Hall–Kier alpha value is -0.640. The van der Waals surface area contributed by atoms with Crippen LogP contribution >= 0.6 is 11.5 Å². The van der Waals surface area contributed by atoms with E-state index in [9.17, 15) is 0 Å². The molecule has 0 bridgehead atoms. The molecule has 0 radical (unpaired) electrons. The first-order valence-electron chi connectivity index (χ1n) is 5.61. The molecule has 1 rings (SSSR count). The van der Waals surface area contributed by atoms with Gasteiger partial charge < -0.3 is 5.32 Å². The van der Waals surface area contributed by atoms with Crippen molar-refractivity contribution in [2.45, 2.75) is 46.6 Å². The third-order valence-corrected chi connectivity index (χ3v) is 2.82. The van der Waals surface area contributed by atoms with E-state index >= 15 is 0 Å². The summed E-state index contributed by atoms with van der Waals surface area (Å²) in [7, 11) is 0. The molecule has 1 N–H and O–H groups in total. The minimum atomic E-state index is 0.548. The normalized spacial score (nSPS) is 11.7. The van der Waals surface area contributed by atoms with Crippen molar-refractivity contribution in [2.24, 2.45) is 11.8 Å². The first kappa shape index (κ1) is 12.4. The number of rotatable bonds is 6. The molecule has 3 nitrogen and oxygen atoms in total. The van der Waals surface area contributed by atoms with Gasteiger partial charge in [0.25, 0.3) is 0 Å². The van der Waals surface area contributed by atoms with Crippen molar-refractivity contribution in [3.8, 4) is 0 Å². The Morgan fingerprint density at radius 3 is 2.20 bits per heavy atom. The lowest BCUT2D eigenvalue weighted by molar-refractivity contribution is 0.442. The Morgan fingerprint density at radius 1 is 1.20 bits per heavy atom. The van der Waals surface area contributed by atoms with E-state index in [1.54, 1.807) is 6.20 Å². The van der Waals surface area contributed by atoms with Gasteiger partial charge in [-0.1, -0.05) is 32.2 Å². The van der Waals surface area contributed by atoms with Crippen molar-refractivity contribution in [2.75, 3.05) is 5.32 Å². The van der Waals surface area contributed by atoms with Gasteiger partial charge >= 0.3 is 0 Å². The van der Waals surface area contributed by atoms with Gasteiger partial charge in [0.2, 0.25) is 0 Å². The summed E-state index contributed by atoms with van der Waals surface area (Å²) in [4.78, 5) is 0. The van der Waals surface area contributed by atoms with Crippen LogP contribution in [0.1, 0.15) is 40.5 Å². The molecule has 4 heteroatoms. The summed E-state index contributed by atoms with van der Waals surface area (Å²) in [5.74, 6) is 1.45. The van der Waals surface area contributed by atoms with E-state index in [0.717, 1.165) is 16.8 Å². The van der Waals surface area contributed by atoms with Gasteiger partial charge in [0, 0.05) is 17.6 Å². The number of nitrogens with one attached hydrogen (secondary N) is 1. The fourth-order valence-electron chi connectivity index (χ4n) is 1.78. The minimum Gasteiger partial charge on any atom is -0.372 e. The second-order valence-corrected chi connectivity index (χ2v) is 5.67. The standard InChI is InChI=1S/C11H21N3S/c1-8(2)5-10(6-9(3)4)13-11-7-12-14-15-11/h7-10,13H,5-6H2,1-4H3. The maximum Gasteiger partial charge on any atom is 0.130 e. The van der Waals surface area contributed by atoms with Crippen LogP contribution in [0.3, 0.4) is 0 Å². The Kier molecular flexibility index (Phi) is 5.02. The van der Waals surface area contributed by atoms with Crippen LogP contribution in [0.4, 0.5) is 5.00 Å². The van der Waals surface area contributed by atoms with Gasteiger partial charge in [-0.05, 0) is 24.7 Å². The molecule has 0 saturated carbocycles. The van der Waals surface area contributed by atoms with E-state index in [1.165, 1.54) is 24.4 Å². The Balaban J connectivity index is 2.48. The van der Waals surface area contributed by atoms with Crippen LogP contribution in [0.2, 0.25) is 0 Å². The Morgan fingerprint density at radius 2 is 1.80 bits per heavy atom. The highest BCUT2D eigenvalue weighted by molar-refractivity contribution is 7.09. The summed E-state index contributed by atoms with van der Waals surface area (Å²) in [6.07, 6.45) is 4.21. The van der Waals surface area contributed by atoms with E-state index in [0.29, 0.717) is 6.04 Å². The van der Waals surface area contributed by atoms with Crippen molar-refractivity contribution >= 4 is 16.5 Å². The summed E-state index contributed by atoms with van der Waals surface area (Å²) < 4.78 is 3.86. The third kappa shape index (κ3) is 5.11. The van der Waals surface area contributed by atoms with Crippen molar-refractivity contribution < 1.29 is 0 Å². The van der Waals surface area contributed by atoms with E-state index in [1.807, 2.05) is 0 Å². The molecule has 1 aromatic rings. The lowest BCUT2D eigenvalue weighted by atomic mass is 9.96. The van der Waals surface area contributed by atoms with E-state index in [4.69, 9.17) is 0 Å². The third-order valence-electron chi connectivity index (χ3n) is 2.22. The van der Waals surface area contributed by atoms with Gasteiger partial charge in [-0.15, -0.1) is 5.10 Å². The van der Waals surface area contributed by atoms with Crippen LogP contribution in [0.15, 0.2) is 6.20 Å². The molecule has 0 aromatic carbocycles. The predicted molar refractivity (Wildman–Crippen MR) is 66.2 cm³/mol. The molecule has 0 amide bonds. The highest BCUT2D eigenvalue weighted by Crippen LogP contribution is 2.19. The maximum absolute atomic E-state index is 3.86. The molecule has 0 aliphatic carbocycles. The summed E-state index contributed by atoms with van der Waals surface area (Å²) >= 11 is 1.43. The van der Waals surface area contributed by atoms with Crippen molar-refractivity contribution in [3.05, 3.63) is 6.20 Å². The summed E-state index contributed by atoms with van der Waals surface area (Å²) in [6.45, 7) is 9.06. The number of hydrogen-bond donors (Lipinski definition) is 1. The van der Waals surface area contributed by atoms with E-state index in [2.05, 4.69) is 42.6 Å². The Labute approximate surface area is 96.5 Å². The summed E-state index contributed by atoms with van der Waals surface area (Å²) in [5, 5.41) is 8.44. The molecule has 0 aliphatic heterocycles. The van der Waals surface area contributed by atoms with E-state index < -0.39 is 0 Å². The van der Waals surface area contributed by atoms with Gasteiger partial charge in [0.15, 0.2) is 0 Å². The zero-order chi connectivity index (χ0) is 11.3. The average Bonchev–Trinajstić information content (AvgIpc) is 2.53. The molecule has 86 valence electrons. The molecule has 0 unspecified atom stereocenters. The fourth-order valence-corrected chi connectivity index (χ4v) is 2.28. The molecule has 1 heterocycles. The predicted octanol–water partition coefficient (Wildman–Crippen LogP) is 3.41. The molecule has 15 heavy (non-hydrogen) atoms. The highest BCUT2D eigenvalue weighted by Gasteiger charge is 2.13. The van der Waals surface area contributed by atoms with Crippen LogP contribution < -0.4 is 5.32 Å². The molecule has 0 atom stereocenters.